The van der Waals surface area contributed by atoms with Crippen LogP contribution in [0.25, 0.3) is 11.0 Å². The summed E-state index contributed by atoms with van der Waals surface area (Å²) >= 11 is 0. The molecule has 3 aromatic rings. The van der Waals surface area contributed by atoms with E-state index in [9.17, 15) is 18.7 Å². The Labute approximate surface area is 179 Å². The molecule has 31 heavy (non-hydrogen) atoms. The van der Waals surface area contributed by atoms with Crippen molar-refractivity contribution < 1.29 is 18.7 Å². The van der Waals surface area contributed by atoms with E-state index in [0.29, 0.717) is 25.1 Å². The van der Waals surface area contributed by atoms with Gasteiger partial charge in [0.2, 0.25) is 0 Å². The summed E-state index contributed by atoms with van der Waals surface area (Å²) in [7, 11) is 0. The Morgan fingerprint density at radius 3 is 2.48 bits per heavy atom. The molecule has 1 fully saturated rings. The molecule has 6 nitrogen and oxygen atoms in total. The third-order valence-corrected chi connectivity index (χ3v) is 5.75. The number of carbonyl (C=O) groups excluding carboxylic acids is 1. The Morgan fingerprint density at radius 1 is 1.10 bits per heavy atom. The number of H-pyrrole nitrogens is 1. The van der Waals surface area contributed by atoms with Crippen LogP contribution in [0.4, 0.5) is 13.6 Å². The number of urea groups is 1. The molecule has 2 amide bonds. The predicted molar refractivity (Wildman–Crippen MR) is 114 cm³/mol. The molecule has 4 N–H and O–H groups in total. The number of aliphatic hydroxyl groups is 1. The van der Waals surface area contributed by atoms with Crippen LogP contribution in [-0.2, 0) is 6.42 Å². The van der Waals surface area contributed by atoms with Crippen molar-refractivity contribution in [2.75, 3.05) is 0 Å². The minimum atomic E-state index is -2.52. The molecule has 0 spiro atoms. The number of carbonyl (C=O) groups is 1. The van der Waals surface area contributed by atoms with Crippen molar-refractivity contribution in [3.8, 4) is 0 Å². The molecule has 1 aliphatic carbocycles. The van der Waals surface area contributed by atoms with E-state index in [-0.39, 0.29) is 23.7 Å². The topological polar surface area (TPSA) is 90.0 Å². The summed E-state index contributed by atoms with van der Waals surface area (Å²) in [5.41, 5.74) is 2.43. The van der Waals surface area contributed by atoms with Crippen molar-refractivity contribution in [2.24, 2.45) is 0 Å². The van der Waals surface area contributed by atoms with E-state index in [1.54, 1.807) is 12.1 Å². The Kier molecular flexibility index (Phi) is 6.46. The number of aliphatic hydroxyl groups excluding tert-OH is 1. The maximum Gasteiger partial charge on any atom is 0.315 e. The van der Waals surface area contributed by atoms with Gasteiger partial charge in [-0.1, -0.05) is 36.4 Å². The van der Waals surface area contributed by atoms with Gasteiger partial charge in [0.1, 0.15) is 5.82 Å². The fourth-order valence-corrected chi connectivity index (χ4v) is 3.99. The number of aromatic nitrogens is 2. The van der Waals surface area contributed by atoms with Crippen molar-refractivity contribution in [1.29, 1.82) is 0 Å². The summed E-state index contributed by atoms with van der Waals surface area (Å²) in [6.07, 6.45) is 0.416. The fourth-order valence-electron chi connectivity index (χ4n) is 3.99. The third kappa shape index (κ3) is 5.38. The lowest BCUT2D eigenvalue weighted by molar-refractivity contribution is 0.117. The zero-order chi connectivity index (χ0) is 21.8. The standard InChI is InChI=1S/C23H26F2N4O2/c24-21(25)15-7-5-14(6-8-15)13-20(22-27-18-3-1-2-4-19(18)28-22)29-23(31)26-16-9-11-17(30)12-10-16/h1-8,16-17,20-21,30H,9-13H2,(H,27,28)(H2,26,29,31)/t16?,17?,20-/m1/s1. The van der Waals surface area contributed by atoms with Crippen LogP contribution in [-0.4, -0.2) is 33.3 Å². The van der Waals surface area contributed by atoms with E-state index in [4.69, 9.17) is 0 Å². The molecular weight excluding hydrogens is 402 g/mol. The van der Waals surface area contributed by atoms with Gasteiger partial charge in [-0.3, -0.25) is 0 Å². The lowest BCUT2D eigenvalue weighted by Gasteiger charge is -2.27. The summed E-state index contributed by atoms with van der Waals surface area (Å²) in [4.78, 5) is 20.6. The summed E-state index contributed by atoms with van der Waals surface area (Å²) in [5, 5.41) is 15.6. The number of hydrogen-bond donors (Lipinski definition) is 4. The van der Waals surface area contributed by atoms with Crippen LogP contribution in [0.3, 0.4) is 0 Å². The van der Waals surface area contributed by atoms with Gasteiger partial charge in [0.05, 0.1) is 23.2 Å². The first kappa shape index (κ1) is 21.2. The van der Waals surface area contributed by atoms with Gasteiger partial charge in [0, 0.05) is 11.6 Å². The summed E-state index contributed by atoms with van der Waals surface area (Å²) in [6, 6.07) is 13.0. The highest BCUT2D eigenvalue weighted by Gasteiger charge is 2.24. The van der Waals surface area contributed by atoms with Gasteiger partial charge in [-0.25, -0.2) is 18.6 Å². The van der Waals surface area contributed by atoms with E-state index in [1.807, 2.05) is 24.3 Å². The van der Waals surface area contributed by atoms with Gasteiger partial charge in [-0.15, -0.1) is 0 Å². The number of imidazole rings is 1. The molecule has 1 aliphatic rings. The Bertz CT molecular complexity index is 981. The van der Waals surface area contributed by atoms with Gasteiger partial charge in [0.15, 0.2) is 0 Å². The summed E-state index contributed by atoms with van der Waals surface area (Å²) in [5.74, 6) is 0.605. The maximum absolute atomic E-state index is 12.9. The molecule has 0 aliphatic heterocycles. The number of para-hydroxylation sites is 2. The van der Waals surface area contributed by atoms with Crippen molar-refractivity contribution >= 4 is 17.1 Å². The molecule has 1 saturated carbocycles. The van der Waals surface area contributed by atoms with Crippen molar-refractivity contribution in [1.82, 2.24) is 20.6 Å². The first-order valence-electron chi connectivity index (χ1n) is 10.5. The molecule has 8 heteroatoms. The number of alkyl halides is 2. The molecule has 0 radical (unpaired) electrons. The smallest absolute Gasteiger partial charge is 0.315 e. The van der Waals surface area contributed by atoms with Crippen molar-refractivity contribution in [3.05, 3.63) is 65.5 Å². The second-order valence-corrected chi connectivity index (χ2v) is 8.06. The normalized spacial score (nSPS) is 20.0. The second kappa shape index (κ2) is 9.43. The van der Waals surface area contributed by atoms with Crippen LogP contribution in [0.1, 0.15) is 55.1 Å². The highest BCUT2D eigenvalue weighted by Crippen LogP contribution is 2.23. The monoisotopic (exact) mass is 428 g/mol. The average molecular weight is 428 g/mol. The Morgan fingerprint density at radius 2 is 1.81 bits per heavy atom. The van der Waals surface area contributed by atoms with E-state index in [0.717, 1.165) is 29.4 Å². The number of halogens is 2. The van der Waals surface area contributed by atoms with Crippen molar-refractivity contribution in [3.63, 3.8) is 0 Å². The Balaban J connectivity index is 1.51. The van der Waals surface area contributed by atoms with Gasteiger partial charge in [-0.05, 0) is 49.8 Å². The second-order valence-electron chi connectivity index (χ2n) is 8.06. The van der Waals surface area contributed by atoms with Crippen LogP contribution in [0.2, 0.25) is 0 Å². The molecule has 0 saturated heterocycles. The van der Waals surface area contributed by atoms with E-state index < -0.39 is 12.5 Å². The predicted octanol–water partition coefficient (Wildman–Crippen LogP) is 4.39. The molecule has 1 aromatic heterocycles. The number of benzene rings is 2. The van der Waals surface area contributed by atoms with E-state index in [2.05, 4.69) is 20.6 Å². The molecule has 1 atom stereocenters. The number of fused-ring (bicyclic) bond motifs is 1. The quantitative estimate of drug-likeness (QED) is 0.470. The largest absolute Gasteiger partial charge is 0.393 e. The fraction of sp³-hybridized carbons (Fsp3) is 0.391. The lowest BCUT2D eigenvalue weighted by atomic mass is 9.93. The van der Waals surface area contributed by atoms with E-state index in [1.165, 1.54) is 12.1 Å². The van der Waals surface area contributed by atoms with Crippen LogP contribution >= 0.6 is 0 Å². The number of rotatable bonds is 6. The molecule has 1 heterocycles. The lowest BCUT2D eigenvalue weighted by Crippen LogP contribution is -2.45. The highest BCUT2D eigenvalue weighted by atomic mass is 19.3. The van der Waals surface area contributed by atoms with E-state index >= 15 is 0 Å². The third-order valence-electron chi connectivity index (χ3n) is 5.75. The molecular formula is C23H26F2N4O2. The number of nitrogens with one attached hydrogen (secondary N) is 3. The first-order chi connectivity index (χ1) is 15.0. The molecule has 4 rings (SSSR count). The van der Waals surface area contributed by atoms with Gasteiger partial charge in [-0.2, -0.15) is 0 Å². The van der Waals surface area contributed by atoms with Gasteiger partial charge < -0.3 is 20.7 Å². The minimum Gasteiger partial charge on any atom is -0.393 e. The number of hydrogen-bond acceptors (Lipinski definition) is 3. The minimum absolute atomic E-state index is 0.0186. The summed E-state index contributed by atoms with van der Waals surface area (Å²) < 4.78 is 25.7. The van der Waals surface area contributed by atoms with Crippen molar-refractivity contribution in [2.45, 2.75) is 56.7 Å². The highest BCUT2D eigenvalue weighted by molar-refractivity contribution is 5.76. The SMILES string of the molecule is O=C(NC1CCC(O)CC1)N[C@H](Cc1ccc(C(F)F)cc1)c1nc2ccccc2[nH]1. The number of amides is 2. The molecule has 164 valence electrons. The zero-order valence-electron chi connectivity index (χ0n) is 17.0. The van der Waals surface area contributed by atoms with Crippen LogP contribution in [0.5, 0.6) is 0 Å². The molecule has 0 unspecified atom stereocenters. The van der Waals surface area contributed by atoms with Crippen LogP contribution in [0.15, 0.2) is 48.5 Å². The zero-order valence-corrected chi connectivity index (χ0v) is 17.0. The molecule has 0 bridgehead atoms. The molecule has 2 aromatic carbocycles. The number of aromatic amines is 1. The van der Waals surface area contributed by atoms with Crippen LogP contribution < -0.4 is 10.6 Å². The average Bonchev–Trinajstić information content (AvgIpc) is 3.19. The first-order valence-corrected chi connectivity index (χ1v) is 10.5. The van der Waals surface area contributed by atoms with Crippen LogP contribution in [0, 0.1) is 0 Å². The number of nitrogens with zero attached hydrogens (tertiary/aromatic N) is 1. The summed E-state index contributed by atoms with van der Waals surface area (Å²) in [6.45, 7) is 0. The van der Waals surface area contributed by atoms with Gasteiger partial charge >= 0.3 is 6.03 Å². The Hall–Kier alpha value is -3.00. The maximum atomic E-state index is 12.9. The van der Waals surface area contributed by atoms with Gasteiger partial charge in [0.25, 0.3) is 6.43 Å².